The van der Waals surface area contributed by atoms with Gasteiger partial charge in [-0.2, -0.15) is 0 Å². The molecule has 1 fully saturated rings. The van der Waals surface area contributed by atoms with Gasteiger partial charge in [-0.05, 0) is 39.3 Å². The van der Waals surface area contributed by atoms with Gasteiger partial charge in [0, 0.05) is 43.8 Å². The molecule has 0 radical (unpaired) electrons. The predicted molar refractivity (Wildman–Crippen MR) is 114 cm³/mol. The van der Waals surface area contributed by atoms with Crippen molar-refractivity contribution in [1.29, 1.82) is 0 Å². The van der Waals surface area contributed by atoms with Crippen LogP contribution < -0.4 is 16.0 Å². The van der Waals surface area contributed by atoms with Crippen molar-refractivity contribution < 1.29 is 9.53 Å². The van der Waals surface area contributed by atoms with Crippen LogP contribution in [0.15, 0.2) is 35.3 Å². The maximum absolute atomic E-state index is 12.0. The molecule has 28 heavy (non-hydrogen) atoms. The van der Waals surface area contributed by atoms with Gasteiger partial charge in [0.2, 0.25) is 0 Å². The van der Waals surface area contributed by atoms with E-state index in [0.717, 1.165) is 51.8 Å². The average Bonchev–Trinajstić information content (AvgIpc) is 2.73. The van der Waals surface area contributed by atoms with Gasteiger partial charge in [0.25, 0.3) is 5.91 Å². The summed E-state index contributed by atoms with van der Waals surface area (Å²) in [4.78, 5) is 19.2. The molecule has 1 amide bonds. The van der Waals surface area contributed by atoms with E-state index in [1.807, 2.05) is 30.3 Å². The first-order chi connectivity index (χ1) is 13.5. The highest BCUT2D eigenvalue weighted by atomic mass is 16.5. The zero-order valence-electron chi connectivity index (χ0n) is 17.5. The molecule has 1 heterocycles. The van der Waals surface area contributed by atoms with Crippen molar-refractivity contribution in [3.05, 3.63) is 35.9 Å². The number of carbonyl (C=O) groups excluding carboxylic acids is 1. The first-order valence-electron chi connectivity index (χ1n) is 10.2. The van der Waals surface area contributed by atoms with Gasteiger partial charge in [0.15, 0.2) is 5.96 Å². The summed E-state index contributed by atoms with van der Waals surface area (Å²) >= 11 is 0. The highest BCUT2D eigenvalue weighted by Crippen LogP contribution is 2.16. The Morgan fingerprint density at radius 1 is 1.11 bits per heavy atom. The van der Waals surface area contributed by atoms with E-state index in [1.165, 1.54) is 0 Å². The van der Waals surface area contributed by atoms with E-state index < -0.39 is 0 Å². The fourth-order valence-corrected chi connectivity index (χ4v) is 3.07. The number of nitrogens with one attached hydrogen (secondary N) is 3. The second-order valence-electron chi connectivity index (χ2n) is 7.51. The summed E-state index contributed by atoms with van der Waals surface area (Å²) < 4.78 is 5.45. The van der Waals surface area contributed by atoms with E-state index in [9.17, 15) is 4.79 Å². The largest absolute Gasteiger partial charge is 0.379 e. The van der Waals surface area contributed by atoms with Crippen LogP contribution in [-0.2, 0) is 4.74 Å². The number of ether oxygens (including phenoxy) is 1. The smallest absolute Gasteiger partial charge is 0.251 e. The minimum atomic E-state index is -0.0339. The number of hydrogen-bond acceptors (Lipinski definition) is 4. The van der Waals surface area contributed by atoms with Gasteiger partial charge in [0.05, 0.1) is 19.8 Å². The monoisotopic (exact) mass is 389 g/mol. The normalized spacial score (nSPS) is 15.9. The van der Waals surface area contributed by atoms with Crippen molar-refractivity contribution >= 4 is 11.9 Å². The van der Waals surface area contributed by atoms with E-state index in [0.29, 0.717) is 18.7 Å². The molecule has 0 unspecified atom stereocenters. The quantitative estimate of drug-likeness (QED) is 0.339. The van der Waals surface area contributed by atoms with Crippen molar-refractivity contribution in [3.8, 4) is 0 Å². The van der Waals surface area contributed by atoms with Gasteiger partial charge >= 0.3 is 0 Å². The minimum Gasteiger partial charge on any atom is -0.379 e. The Morgan fingerprint density at radius 3 is 2.46 bits per heavy atom. The molecule has 2 rings (SSSR count). The molecule has 1 saturated heterocycles. The maximum atomic E-state index is 12.0. The van der Waals surface area contributed by atoms with Gasteiger partial charge in [-0.25, -0.2) is 0 Å². The fourth-order valence-electron chi connectivity index (χ4n) is 3.07. The molecule has 156 valence electrons. The van der Waals surface area contributed by atoms with Crippen molar-refractivity contribution in [2.24, 2.45) is 4.99 Å². The van der Waals surface area contributed by atoms with Crippen LogP contribution >= 0.6 is 0 Å². The third kappa shape index (κ3) is 7.48. The molecule has 0 spiro atoms. The van der Waals surface area contributed by atoms with Crippen LogP contribution in [0.5, 0.6) is 0 Å². The highest BCUT2D eigenvalue weighted by Gasteiger charge is 2.28. The van der Waals surface area contributed by atoms with Gasteiger partial charge < -0.3 is 20.7 Å². The van der Waals surface area contributed by atoms with Crippen LogP contribution in [0.4, 0.5) is 0 Å². The molecular weight excluding hydrogens is 354 g/mol. The van der Waals surface area contributed by atoms with E-state index >= 15 is 0 Å². The topological polar surface area (TPSA) is 78.0 Å². The summed E-state index contributed by atoms with van der Waals surface area (Å²) in [6.45, 7) is 12.9. The number of guanidine groups is 1. The van der Waals surface area contributed by atoms with E-state index in [2.05, 4.69) is 41.6 Å². The number of carbonyl (C=O) groups is 1. The SMILES string of the molecule is CCNC(=NCC(C)(C)N1CCOCC1)NCCCNC(=O)c1ccccc1. The lowest BCUT2D eigenvalue weighted by molar-refractivity contribution is -0.00683. The Kier molecular flexibility index (Phi) is 9.23. The maximum Gasteiger partial charge on any atom is 0.251 e. The molecule has 1 aliphatic rings. The summed E-state index contributed by atoms with van der Waals surface area (Å²) in [5.74, 6) is 0.784. The number of benzene rings is 1. The van der Waals surface area contributed by atoms with Gasteiger partial charge in [-0.15, -0.1) is 0 Å². The Labute approximate surface area is 168 Å². The molecule has 0 aliphatic carbocycles. The van der Waals surface area contributed by atoms with Crippen molar-refractivity contribution in [3.63, 3.8) is 0 Å². The third-order valence-corrected chi connectivity index (χ3v) is 4.80. The summed E-state index contributed by atoms with van der Waals surface area (Å²) in [5.41, 5.74) is 0.686. The van der Waals surface area contributed by atoms with Crippen molar-refractivity contribution in [2.75, 3.05) is 52.5 Å². The van der Waals surface area contributed by atoms with Crippen LogP contribution in [0.1, 0.15) is 37.6 Å². The number of aliphatic imine (C=N–C) groups is 1. The number of rotatable bonds is 9. The Bertz CT molecular complexity index is 612. The molecule has 0 bridgehead atoms. The first kappa shape index (κ1) is 22.2. The molecular formula is C21H35N5O2. The Balaban J connectivity index is 1.72. The van der Waals surface area contributed by atoms with Gasteiger partial charge in [0.1, 0.15) is 0 Å². The Morgan fingerprint density at radius 2 is 1.79 bits per heavy atom. The number of amides is 1. The average molecular weight is 390 g/mol. The summed E-state index contributed by atoms with van der Waals surface area (Å²) in [6, 6.07) is 9.28. The van der Waals surface area contributed by atoms with Crippen molar-refractivity contribution in [2.45, 2.75) is 32.7 Å². The highest BCUT2D eigenvalue weighted by molar-refractivity contribution is 5.94. The minimum absolute atomic E-state index is 0.00418. The zero-order chi connectivity index (χ0) is 20.2. The lowest BCUT2D eigenvalue weighted by atomic mass is 10.0. The van der Waals surface area contributed by atoms with Crippen LogP contribution in [0, 0.1) is 0 Å². The van der Waals surface area contributed by atoms with Crippen LogP contribution in [0.2, 0.25) is 0 Å². The molecule has 1 aromatic carbocycles. The van der Waals surface area contributed by atoms with Crippen LogP contribution in [-0.4, -0.2) is 74.8 Å². The predicted octanol–water partition coefficient (Wildman–Crippen LogP) is 1.47. The molecule has 0 atom stereocenters. The van der Waals surface area contributed by atoms with Gasteiger partial charge in [-0.3, -0.25) is 14.7 Å². The van der Waals surface area contributed by atoms with E-state index in [4.69, 9.17) is 9.73 Å². The Hall–Kier alpha value is -2.12. The lowest BCUT2D eigenvalue weighted by Gasteiger charge is -2.39. The molecule has 1 aromatic rings. The van der Waals surface area contributed by atoms with Crippen molar-refractivity contribution in [1.82, 2.24) is 20.9 Å². The van der Waals surface area contributed by atoms with Crippen LogP contribution in [0.3, 0.4) is 0 Å². The number of morpholine rings is 1. The number of nitrogens with zero attached hydrogens (tertiary/aromatic N) is 2. The summed E-state index contributed by atoms with van der Waals surface area (Å²) in [6.07, 6.45) is 0.829. The summed E-state index contributed by atoms with van der Waals surface area (Å²) in [5, 5.41) is 9.59. The number of hydrogen-bond donors (Lipinski definition) is 3. The molecule has 3 N–H and O–H groups in total. The fraction of sp³-hybridized carbons (Fsp3) is 0.619. The standard InChI is InChI=1S/C21H35N5O2/c1-4-22-20(25-17-21(2,3)26-13-15-28-16-14-26)24-12-8-11-23-19(27)18-9-6-5-7-10-18/h5-7,9-10H,4,8,11-17H2,1-3H3,(H,23,27)(H2,22,24,25). The molecule has 0 saturated carbocycles. The second-order valence-corrected chi connectivity index (χ2v) is 7.51. The third-order valence-electron chi connectivity index (χ3n) is 4.80. The molecule has 7 nitrogen and oxygen atoms in total. The zero-order valence-corrected chi connectivity index (χ0v) is 17.5. The molecule has 1 aliphatic heterocycles. The van der Waals surface area contributed by atoms with Crippen LogP contribution in [0.25, 0.3) is 0 Å². The lowest BCUT2D eigenvalue weighted by Crippen LogP contribution is -2.52. The van der Waals surface area contributed by atoms with E-state index in [1.54, 1.807) is 0 Å². The molecule has 7 heteroatoms. The van der Waals surface area contributed by atoms with Gasteiger partial charge in [-0.1, -0.05) is 18.2 Å². The molecule has 0 aromatic heterocycles. The van der Waals surface area contributed by atoms with E-state index in [-0.39, 0.29) is 11.4 Å². The second kappa shape index (κ2) is 11.7. The first-order valence-corrected chi connectivity index (χ1v) is 10.2. The summed E-state index contributed by atoms with van der Waals surface area (Å²) in [7, 11) is 0.